The number of hydrogen-bond acceptors (Lipinski definition) is 2. The minimum Gasteiger partial charge on any atom is -0.360 e. The third-order valence-corrected chi connectivity index (χ3v) is 5.45. The van der Waals surface area contributed by atoms with E-state index in [1.54, 1.807) is 0 Å². The van der Waals surface area contributed by atoms with E-state index in [-0.39, 0.29) is 0 Å². The first kappa shape index (κ1) is 18.2. The molecule has 0 bridgehead atoms. The van der Waals surface area contributed by atoms with Crippen LogP contribution in [0.15, 0.2) is 91.1 Å². The maximum atomic E-state index is 10.1. The van der Waals surface area contributed by atoms with E-state index in [9.17, 15) is 5.26 Å². The van der Waals surface area contributed by atoms with Crippen LogP contribution in [-0.4, -0.2) is 9.97 Å². The van der Waals surface area contributed by atoms with E-state index in [4.69, 9.17) is 16.6 Å². The molecule has 0 aliphatic rings. The Balaban J connectivity index is 1.84. The number of pyridine rings is 1. The molecule has 3 nitrogen and oxygen atoms in total. The van der Waals surface area contributed by atoms with Gasteiger partial charge >= 0.3 is 0 Å². The molecule has 2 aromatic heterocycles. The van der Waals surface area contributed by atoms with Crippen LogP contribution in [0.5, 0.6) is 0 Å². The molecule has 5 aromatic rings. The molecule has 142 valence electrons. The first-order chi connectivity index (χ1) is 14.7. The highest BCUT2D eigenvalue weighted by atomic mass is 35.5. The van der Waals surface area contributed by atoms with E-state index in [1.807, 2.05) is 91.1 Å². The number of halogens is 1. The molecule has 0 fully saturated rings. The summed E-state index contributed by atoms with van der Waals surface area (Å²) < 4.78 is 0. The van der Waals surface area contributed by atoms with E-state index >= 15 is 0 Å². The van der Waals surface area contributed by atoms with Gasteiger partial charge < -0.3 is 4.98 Å². The molecule has 2 heterocycles. The first-order valence-electron chi connectivity index (χ1n) is 9.57. The number of nitriles is 1. The molecule has 0 saturated heterocycles. The summed E-state index contributed by atoms with van der Waals surface area (Å²) in [6, 6.07) is 30.0. The normalized spacial score (nSPS) is 10.8. The number of H-pyrrole nitrogens is 1. The predicted molar refractivity (Wildman–Crippen MR) is 122 cm³/mol. The van der Waals surface area contributed by atoms with Gasteiger partial charge in [-0.05, 0) is 29.8 Å². The van der Waals surface area contributed by atoms with Gasteiger partial charge in [0.15, 0.2) is 0 Å². The highest BCUT2D eigenvalue weighted by Gasteiger charge is 2.19. The Labute approximate surface area is 179 Å². The van der Waals surface area contributed by atoms with Gasteiger partial charge in [0.25, 0.3) is 0 Å². The minimum atomic E-state index is 0.559. The van der Waals surface area contributed by atoms with E-state index in [0.29, 0.717) is 16.3 Å². The molecule has 0 atom stereocenters. The van der Waals surface area contributed by atoms with Gasteiger partial charge in [0.1, 0.15) is 6.07 Å². The highest BCUT2D eigenvalue weighted by molar-refractivity contribution is 6.30. The summed E-state index contributed by atoms with van der Waals surface area (Å²) in [5.74, 6) is 0. The van der Waals surface area contributed by atoms with Crippen molar-refractivity contribution in [2.45, 2.75) is 0 Å². The van der Waals surface area contributed by atoms with E-state index in [2.05, 4.69) is 11.1 Å². The topological polar surface area (TPSA) is 52.5 Å². The number of hydrogen-bond donors (Lipinski definition) is 1. The Hall–Kier alpha value is -3.87. The molecule has 0 amide bonds. The van der Waals surface area contributed by atoms with Gasteiger partial charge in [-0.25, -0.2) is 4.98 Å². The number of fused-ring (bicyclic) bond motifs is 1. The summed E-state index contributed by atoms with van der Waals surface area (Å²) in [5.41, 5.74) is 6.73. The van der Waals surface area contributed by atoms with Gasteiger partial charge in [0.05, 0.1) is 17.0 Å². The van der Waals surface area contributed by atoms with Crippen molar-refractivity contribution in [3.05, 3.63) is 102 Å². The number of para-hydroxylation sites is 1. The van der Waals surface area contributed by atoms with Crippen molar-refractivity contribution in [3.63, 3.8) is 0 Å². The van der Waals surface area contributed by atoms with E-state index < -0.39 is 0 Å². The largest absolute Gasteiger partial charge is 0.360 e. The van der Waals surface area contributed by atoms with Crippen LogP contribution in [0, 0.1) is 11.3 Å². The van der Waals surface area contributed by atoms with Gasteiger partial charge in [0, 0.05) is 38.8 Å². The third kappa shape index (κ3) is 3.14. The van der Waals surface area contributed by atoms with Gasteiger partial charge in [-0.15, -0.1) is 0 Å². The summed E-state index contributed by atoms with van der Waals surface area (Å²) in [7, 11) is 0. The quantitative estimate of drug-likeness (QED) is 0.348. The lowest BCUT2D eigenvalue weighted by Crippen LogP contribution is -1.96. The molecule has 0 spiro atoms. The zero-order valence-electron chi connectivity index (χ0n) is 15.9. The van der Waals surface area contributed by atoms with Crippen molar-refractivity contribution in [3.8, 4) is 39.7 Å². The van der Waals surface area contributed by atoms with Crippen LogP contribution in [-0.2, 0) is 0 Å². The first-order valence-corrected chi connectivity index (χ1v) is 9.95. The zero-order valence-corrected chi connectivity index (χ0v) is 16.7. The van der Waals surface area contributed by atoms with Gasteiger partial charge in [0.2, 0.25) is 0 Å². The second-order valence-electron chi connectivity index (χ2n) is 7.01. The summed E-state index contributed by atoms with van der Waals surface area (Å²) >= 11 is 6.08. The lowest BCUT2D eigenvalue weighted by Gasteiger charge is -2.13. The molecule has 0 saturated carbocycles. The standard InChI is InChI=1S/C26H16ClN3/c27-19-12-10-18(11-13-19)25-14-21(17-6-2-1-3-7-17)22(15-28)26(30-25)23-16-29-24-9-5-4-8-20(23)24/h1-14,16,29H. The third-order valence-electron chi connectivity index (χ3n) is 5.20. The Morgan fingerprint density at radius 2 is 1.53 bits per heavy atom. The number of benzene rings is 3. The molecule has 5 rings (SSSR count). The Morgan fingerprint density at radius 1 is 0.800 bits per heavy atom. The number of aromatic nitrogens is 2. The highest BCUT2D eigenvalue weighted by Crippen LogP contribution is 2.37. The summed E-state index contributed by atoms with van der Waals surface area (Å²) in [5, 5.41) is 11.8. The summed E-state index contributed by atoms with van der Waals surface area (Å²) in [6.07, 6.45) is 1.92. The molecule has 0 aliphatic heterocycles. The molecule has 1 N–H and O–H groups in total. The lowest BCUT2D eigenvalue weighted by molar-refractivity contribution is 1.30. The minimum absolute atomic E-state index is 0.559. The molecular formula is C26H16ClN3. The Morgan fingerprint density at radius 3 is 2.30 bits per heavy atom. The maximum Gasteiger partial charge on any atom is 0.102 e. The van der Waals surface area contributed by atoms with Crippen LogP contribution < -0.4 is 0 Å². The summed E-state index contributed by atoms with van der Waals surface area (Å²) in [6.45, 7) is 0. The average molecular weight is 406 g/mol. The number of nitrogens with one attached hydrogen (secondary N) is 1. The Kier molecular flexibility index (Phi) is 4.55. The molecule has 0 aliphatic carbocycles. The molecule has 0 radical (unpaired) electrons. The molecule has 3 aromatic carbocycles. The van der Waals surface area contributed by atoms with Crippen molar-refractivity contribution in [2.24, 2.45) is 0 Å². The van der Waals surface area contributed by atoms with Crippen molar-refractivity contribution >= 4 is 22.5 Å². The van der Waals surface area contributed by atoms with Crippen LogP contribution >= 0.6 is 11.6 Å². The fourth-order valence-corrected chi connectivity index (χ4v) is 3.86. The van der Waals surface area contributed by atoms with Gasteiger partial charge in [-0.2, -0.15) is 5.26 Å². The summed E-state index contributed by atoms with van der Waals surface area (Å²) in [4.78, 5) is 8.23. The van der Waals surface area contributed by atoms with E-state index in [0.717, 1.165) is 38.9 Å². The lowest BCUT2D eigenvalue weighted by atomic mass is 9.94. The van der Waals surface area contributed by atoms with Crippen molar-refractivity contribution < 1.29 is 0 Å². The number of rotatable bonds is 3. The Bertz CT molecular complexity index is 1390. The molecule has 4 heteroatoms. The smallest absolute Gasteiger partial charge is 0.102 e. The fourth-order valence-electron chi connectivity index (χ4n) is 3.73. The van der Waals surface area contributed by atoms with Crippen LogP contribution in [0.25, 0.3) is 44.5 Å². The SMILES string of the molecule is N#Cc1c(-c2ccccc2)cc(-c2ccc(Cl)cc2)nc1-c1c[nH]c2ccccc12. The predicted octanol–water partition coefficient (Wildman–Crippen LogP) is 7.09. The zero-order chi connectivity index (χ0) is 20.5. The van der Waals surface area contributed by atoms with Crippen LogP contribution in [0.4, 0.5) is 0 Å². The van der Waals surface area contributed by atoms with Crippen molar-refractivity contribution in [1.29, 1.82) is 5.26 Å². The molecular weight excluding hydrogens is 390 g/mol. The molecule has 0 unspecified atom stereocenters. The van der Waals surface area contributed by atoms with Gasteiger partial charge in [-0.3, -0.25) is 0 Å². The number of aromatic amines is 1. The van der Waals surface area contributed by atoms with Crippen molar-refractivity contribution in [2.75, 3.05) is 0 Å². The van der Waals surface area contributed by atoms with Crippen LogP contribution in [0.1, 0.15) is 5.56 Å². The van der Waals surface area contributed by atoms with Crippen molar-refractivity contribution in [1.82, 2.24) is 9.97 Å². The second kappa shape index (κ2) is 7.51. The van der Waals surface area contributed by atoms with Crippen LogP contribution in [0.3, 0.4) is 0 Å². The maximum absolute atomic E-state index is 10.1. The monoisotopic (exact) mass is 405 g/mol. The fraction of sp³-hybridized carbons (Fsp3) is 0. The van der Waals surface area contributed by atoms with Crippen LogP contribution in [0.2, 0.25) is 5.02 Å². The van der Waals surface area contributed by atoms with E-state index in [1.165, 1.54) is 0 Å². The average Bonchev–Trinajstić information content (AvgIpc) is 3.23. The number of nitrogens with zero attached hydrogens (tertiary/aromatic N) is 2. The van der Waals surface area contributed by atoms with Gasteiger partial charge in [-0.1, -0.05) is 72.3 Å². The molecule has 30 heavy (non-hydrogen) atoms. The second-order valence-corrected chi connectivity index (χ2v) is 7.45.